The van der Waals surface area contributed by atoms with Gasteiger partial charge in [-0.1, -0.05) is 53.6 Å². The van der Waals surface area contributed by atoms with E-state index < -0.39 is 79.7 Å². The molecule has 4 atom stereocenters. The molecule has 20 heteroatoms. The molecule has 4 unspecified atom stereocenters. The zero-order chi connectivity index (χ0) is 64.8. The molecule has 0 aliphatic carbocycles. The van der Waals surface area contributed by atoms with Crippen molar-refractivity contribution >= 4 is 44.4 Å². The van der Waals surface area contributed by atoms with Gasteiger partial charge in [0.25, 0.3) is 0 Å². The molecular weight excluding hydrogens is 1100 g/mol. The first kappa shape index (κ1) is 76.7. The van der Waals surface area contributed by atoms with Crippen molar-refractivity contribution in [1.82, 2.24) is 31.1 Å². The molecule has 0 radical (unpaired) electrons. The number of benzene rings is 2. The van der Waals surface area contributed by atoms with Crippen molar-refractivity contribution in [3.05, 3.63) is 82.6 Å². The standard InChI is InChI=1S/C67H109N9O9.Li.H2O/c1-44(2)35-52(36-45(3)4)84-55(78)69-63(15,16)48-27-26-28-49(37-48)64(17,18)70-56(79)85-53-42-61(11,12)76(83)67(22,43-53)34-33-66(21)41-51(40-60(9,10)75(66)82)72(24)57(80)73(25)65(19,20)47-31-29-46(30-32-47)62(13,14)68-54(77)71(23)50-38-58(5,6)74(81)59(7,8)39-50;;/h26-32,37,50-53,81-83H,23-25,33-36,38-43H2,1-22H3,(H2-,68,69,70,77,78,79);;1H2/q;+1;/p+1. The summed E-state index contributed by atoms with van der Waals surface area (Å²) in [6.07, 6.45) is 3.11. The SMILES string of the molecule is C=[N+](C(=O)NC(C)(C)c1ccc(C(C)(C)[N+](=C)C(=O)[N+](=C)C2CC(C)(C)N(O)C(C)(CCC3(C)CC(OC(=O)NC(C)(C)c4cccc(C(C)(C)NC(=O)OC(C[C-](C)C)C[C-](C)C)c4)CC(C)(C)N3[OH2+])C2)cc1)C1CC(C)(C)N(O)C(C)(C)C1.[Li+].[OH-]. The number of hydrogen-bond donors (Lipinski definition) is 5. The number of amides is 6. The Morgan fingerprint density at radius 2 is 1.03 bits per heavy atom. The van der Waals surface area contributed by atoms with Gasteiger partial charge in [0.05, 0.1) is 40.5 Å². The molecular formula is C67H112LiN9O10+2. The monoisotopic (exact) mass is 1210 g/mol. The molecule has 0 aromatic heterocycles. The van der Waals surface area contributed by atoms with Crippen molar-refractivity contribution in [2.24, 2.45) is 0 Å². The molecule has 3 saturated heterocycles. The number of hydrogen-bond acceptors (Lipinski definition) is 12. The number of ether oxygens (including phenoxy) is 2. The fourth-order valence-corrected chi connectivity index (χ4v) is 13.8. The van der Waals surface area contributed by atoms with Gasteiger partial charge in [-0.05, 0) is 140 Å². The largest absolute Gasteiger partial charge is 1.00 e. The van der Waals surface area contributed by atoms with Crippen LogP contribution >= 0.6 is 0 Å². The van der Waals surface area contributed by atoms with Crippen LogP contribution in [0.4, 0.5) is 19.2 Å². The average molecular weight is 1210 g/mol. The molecule has 3 fully saturated rings. The van der Waals surface area contributed by atoms with Gasteiger partial charge in [-0.3, -0.25) is 0 Å². The Morgan fingerprint density at radius 3 is 1.52 bits per heavy atom. The molecule has 3 heterocycles. The van der Waals surface area contributed by atoms with Crippen molar-refractivity contribution in [2.75, 3.05) is 0 Å². The van der Waals surface area contributed by atoms with E-state index in [9.17, 15) is 34.8 Å². The maximum absolute atomic E-state index is 14.6. The molecule has 3 aliphatic rings. The second-order valence-corrected chi connectivity index (χ2v) is 31.0. The number of carbonyl (C=O) groups excluding carboxylic acids is 4. The molecule has 87 heavy (non-hydrogen) atoms. The van der Waals surface area contributed by atoms with Crippen LogP contribution in [0.2, 0.25) is 0 Å². The third kappa shape index (κ3) is 17.9. The van der Waals surface area contributed by atoms with Crippen molar-refractivity contribution in [2.45, 2.75) is 296 Å². The van der Waals surface area contributed by atoms with Gasteiger partial charge in [-0.15, -0.1) is 22.0 Å². The zero-order valence-electron chi connectivity index (χ0n) is 57.6. The number of piperidine rings is 3. The van der Waals surface area contributed by atoms with Crippen LogP contribution < -0.4 is 34.8 Å². The Balaban J connectivity index is 0.00000990. The van der Waals surface area contributed by atoms with Crippen LogP contribution in [-0.4, -0.2) is 152 Å². The summed E-state index contributed by atoms with van der Waals surface area (Å²) >= 11 is 0. The second-order valence-electron chi connectivity index (χ2n) is 31.0. The topological polar surface area (TPSA) is 235 Å². The fraction of sp³-hybridized carbons (Fsp3) is 0.687. The summed E-state index contributed by atoms with van der Waals surface area (Å²) in [6.45, 7) is 56.0. The van der Waals surface area contributed by atoms with Crippen molar-refractivity contribution in [1.29, 1.82) is 0 Å². The summed E-state index contributed by atoms with van der Waals surface area (Å²) < 4.78 is 16.7. The van der Waals surface area contributed by atoms with Crippen molar-refractivity contribution in [3.63, 3.8) is 0 Å². The summed E-state index contributed by atoms with van der Waals surface area (Å²) in [4.78, 5) is 55.6. The molecule has 2 aromatic rings. The normalized spacial score (nSPS) is 23.6. The molecule has 2 aromatic carbocycles. The minimum absolute atomic E-state index is 0. The Bertz CT molecular complexity index is 2780. The molecule has 0 spiro atoms. The first-order valence-corrected chi connectivity index (χ1v) is 30.5. The Labute approximate surface area is 534 Å². The molecule has 5 rings (SSSR count). The second kappa shape index (κ2) is 27.5. The predicted octanol–water partition coefficient (Wildman–Crippen LogP) is 9.18. The van der Waals surface area contributed by atoms with Gasteiger partial charge in [0.1, 0.15) is 31.1 Å². The van der Waals surface area contributed by atoms with Crippen LogP contribution in [-0.2, 0) is 31.6 Å². The van der Waals surface area contributed by atoms with Gasteiger partial charge in [0.15, 0.2) is 11.6 Å². The van der Waals surface area contributed by atoms with E-state index in [-0.39, 0.29) is 48.5 Å². The van der Waals surface area contributed by atoms with Gasteiger partial charge >= 0.3 is 43.1 Å². The Morgan fingerprint density at radius 1 is 0.609 bits per heavy atom. The van der Waals surface area contributed by atoms with Gasteiger partial charge in [-0.2, -0.15) is 47.4 Å². The Kier molecular flexibility index (Phi) is 24.2. The van der Waals surface area contributed by atoms with Crippen molar-refractivity contribution < 1.29 is 82.3 Å². The number of carbonyl (C=O) groups is 4. The summed E-state index contributed by atoms with van der Waals surface area (Å²) in [5.74, 6) is 2.37. The number of nitrogens with zero attached hydrogens (tertiary/aromatic N) is 6. The minimum Gasteiger partial charge on any atom is -0.870 e. The first-order valence-electron chi connectivity index (χ1n) is 30.5. The minimum atomic E-state index is -0.895. The van der Waals surface area contributed by atoms with Gasteiger partial charge in [0, 0.05) is 74.6 Å². The van der Waals surface area contributed by atoms with E-state index in [1.54, 1.807) is 5.06 Å². The van der Waals surface area contributed by atoms with E-state index in [0.29, 0.717) is 64.2 Å². The van der Waals surface area contributed by atoms with Crippen LogP contribution in [0.3, 0.4) is 0 Å². The molecule has 0 bridgehead atoms. The summed E-state index contributed by atoms with van der Waals surface area (Å²) in [7, 11) is 0. The molecule has 8 N–H and O–H groups in total. The van der Waals surface area contributed by atoms with E-state index in [2.05, 4.69) is 36.1 Å². The summed E-state index contributed by atoms with van der Waals surface area (Å²) in [5.41, 5.74) is -4.23. The number of rotatable bonds is 19. The smallest absolute Gasteiger partial charge is 0.870 e. The number of urea groups is 2. The van der Waals surface area contributed by atoms with E-state index in [1.165, 1.54) is 35.7 Å². The van der Waals surface area contributed by atoms with Crippen LogP contribution in [0.15, 0.2) is 48.5 Å². The van der Waals surface area contributed by atoms with E-state index in [1.807, 2.05) is 201 Å². The van der Waals surface area contributed by atoms with E-state index >= 15 is 0 Å². The van der Waals surface area contributed by atoms with Gasteiger partial charge in [-0.25, -0.2) is 19.5 Å². The first-order chi connectivity index (χ1) is 38.5. The van der Waals surface area contributed by atoms with Crippen molar-refractivity contribution in [3.8, 4) is 0 Å². The third-order valence-electron chi connectivity index (χ3n) is 18.8. The third-order valence-corrected chi connectivity index (χ3v) is 18.8. The van der Waals surface area contributed by atoms with Crippen LogP contribution in [0.1, 0.15) is 239 Å². The summed E-state index contributed by atoms with van der Waals surface area (Å²) in [5, 5.41) is 46.2. The van der Waals surface area contributed by atoms with Gasteiger partial charge in [0.2, 0.25) is 0 Å². The van der Waals surface area contributed by atoms with Crippen LogP contribution in [0.25, 0.3) is 0 Å². The Hall–Kier alpha value is -4.55. The number of alkyl carbamates (subject to hydrolysis) is 2. The molecule has 6 amide bonds. The van der Waals surface area contributed by atoms with E-state index in [4.69, 9.17) is 9.47 Å². The van der Waals surface area contributed by atoms with Gasteiger partial charge < -0.3 is 53.0 Å². The molecule has 0 saturated carbocycles. The summed E-state index contributed by atoms with van der Waals surface area (Å²) in [6, 6.07) is 14.3. The predicted molar refractivity (Wildman–Crippen MR) is 339 cm³/mol. The maximum atomic E-state index is 14.6. The molecule has 19 nitrogen and oxygen atoms in total. The average Bonchev–Trinajstić information content (AvgIpc) is 0.815. The maximum Gasteiger partial charge on any atom is 1.00 e. The fourth-order valence-electron chi connectivity index (χ4n) is 13.8. The quantitative estimate of drug-likeness (QED) is 0.0291. The van der Waals surface area contributed by atoms with Crippen LogP contribution in [0, 0.1) is 11.8 Å². The number of hydroxylamine groups is 6. The molecule has 484 valence electrons. The van der Waals surface area contributed by atoms with Crippen LogP contribution in [0.5, 0.6) is 0 Å². The zero-order valence-corrected chi connectivity index (χ0v) is 57.6. The molecule has 3 aliphatic heterocycles. The van der Waals surface area contributed by atoms with E-state index in [0.717, 1.165) is 22.3 Å². The number of nitrogens with one attached hydrogen (secondary N) is 3.